The van der Waals surface area contributed by atoms with Crippen LogP contribution in [0.1, 0.15) is 23.7 Å². The summed E-state index contributed by atoms with van der Waals surface area (Å²) in [5.74, 6) is -1.83. The average molecular weight is 263 g/mol. The average Bonchev–Trinajstić information content (AvgIpc) is 2.84. The van der Waals surface area contributed by atoms with Crippen molar-refractivity contribution in [1.29, 1.82) is 0 Å². The van der Waals surface area contributed by atoms with E-state index < -0.39 is 11.8 Å². The summed E-state index contributed by atoms with van der Waals surface area (Å²) < 4.78 is 4.64. The molecule has 0 saturated carbocycles. The molecule has 0 bridgehead atoms. The third kappa shape index (κ3) is 2.79. The molecule has 6 heteroatoms. The lowest BCUT2D eigenvalue weighted by atomic mass is 10.1. The summed E-state index contributed by atoms with van der Waals surface area (Å²) in [6.45, 7) is 2.07. The van der Waals surface area contributed by atoms with Gasteiger partial charge in [-0.25, -0.2) is 4.79 Å². The van der Waals surface area contributed by atoms with E-state index in [9.17, 15) is 14.4 Å². The Morgan fingerprint density at radius 2 is 2.21 bits per heavy atom. The van der Waals surface area contributed by atoms with Gasteiger partial charge in [-0.05, 0) is 19.1 Å². The zero-order valence-corrected chi connectivity index (χ0v) is 10.4. The molecule has 19 heavy (non-hydrogen) atoms. The first-order chi connectivity index (χ1) is 9.13. The maximum atomic E-state index is 11.8. The molecule has 1 heterocycles. The van der Waals surface area contributed by atoms with Gasteiger partial charge in [0, 0.05) is 5.56 Å². The van der Waals surface area contributed by atoms with E-state index >= 15 is 0 Å². The summed E-state index contributed by atoms with van der Waals surface area (Å²) in [5.41, 5.74) is 0.594. The van der Waals surface area contributed by atoms with Crippen molar-refractivity contribution >= 4 is 23.3 Å². The lowest BCUT2D eigenvalue weighted by Crippen LogP contribution is -2.23. The van der Waals surface area contributed by atoms with Gasteiger partial charge in [-0.15, -0.1) is 0 Å². The molecule has 1 fully saturated rings. The van der Waals surface area contributed by atoms with Gasteiger partial charge in [-0.1, -0.05) is 12.1 Å². The second-order valence-corrected chi connectivity index (χ2v) is 3.87. The monoisotopic (exact) mass is 263 g/mol. The van der Waals surface area contributed by atoms with Crippen LogP contribution in [0.3, 0.4) is 0 Å². The molecule has 1 saturated heterocycles. The Labute approximate surface area is 109 Å². The van der Waals surface area contributed by atoms with Gasteiger partial charge < -0.3 is 4.74 Å². The summed E-state index contributed by atoms with van der Waals surface area (Å²) in [4.78, 5) is 39.8. The molecule has 1 aliphatic heterocycles. The van der Waals surface area contributed by atoms with E-state index in [2.05, 4.69) is 4.74 Å². The van der Waals surface area contributed by atoms with Crippen LogP contribution in [0.15, 0.2) is 24.3 Å². The number of ketones is 1. The van der Waals surface area contributed by atoms with Crippen LogP contribution in [-0.2, 0) is 19.2 Å². The zero-order chi connectivity index (χ0) is 13.8. The van der Waals surface area contributed by atoms with Gasteiger partial charge in [0.05, 0.1) is 25.3 Å². The number of anilines is 1. The van der Waals surface area contributed by atoms with Gasteiger partial charge in [-0.2, -0.15) is 5.06 Å². The van der Waals surface area contributed by atoms with Crippen molar-refractivity contribution < 1.29 is 24.0 Å². The highest BCUT2D eigenvalue weighted by atomic mass is 16.7. The third-order valence-electron chi connectivity index (χ3n) is 2.57. The van der Waals surface area contributed by atoms with Gasteiger partial charge in [-0.3, -0.25) is 14.4 Å². The summed E-state index contributed by atoms with van der Waals surface area (Å²) in [5, 5.41) is 1.13. The second-order valence-electron chi connectivity index (χ2n) is 3.87. The molecule has 0 spiro atoms. The lowest BCUT2D eigenvalue weighted by Gasteiger charge is -2.14. The summed E-state index contributed by atoms with van der Waals surface area (Å²) in [6, 6.07) is 6.13. The van der Waals surface area contributed by atoms with Gasteiger partial charge in [0.15, 0.2) is 0 Å². The van der Waals surface area contributed by atoms with Crippen molar-refractivity contribution in [3.8, 4) is 0 Å². The fraction of sp³-hybridized carbons (Fsp3) is 0.308. The summed E-state index contributed by atoms with van der Waals surface area (Å²) in [6.07, 6.45) is 0.302. The molecule has 0 unspecified atom stereocenters. The molecule has 100 valence electrons. The van der Waals surface area contributed by atoms with Crippen molar-refractivity contribution in [2.45, 2.75) is 13.3 Å². The Morgan fingerprint density at radius 3 is 2.84 bits per heavy atom. The highest BCUT2D eigenvalue weighted by molar-refractivity contribution is 6.40. The number of hydrogen-bond acceptors (Lipinski definition) is 5. The third-order valence-corrected chi connectivity index (χ3v) is 2.57. The molecule has 0 aliphatic carbocycles. The van der Waals surface area contributed by atoms with Gasteiger partial charge in [0.1, 0.15) is 0 Å². The molecular formula is C13H13NO5. The number of rotatable bonds is 4. The lowest BCUT2D eigenvalue weighted by molar-refractivity contribution is -0.137. The molecule has 1 aromatic carbocycles. The van der Waals surface area contributed by atoms with Crippen LogP contribution >= 0.6 is 0 Å². The van der Waals surface area contributed by atoms with E-state index in [1.807, 2.05) is 0 Å². The number of benzene rings is 1. The first kappa shape index (κ1) is 13.2. The molecule has 1 amide bonds. The largest absolute Gasteiger partial charge is 0.460 e. The van der Waals surface area contributed by atoms with Crippen molar-refractivity contribution in [1.82, 2.24) is 0 Å². The Hall–Kier alpha value is -2.21. The maximum absolute atomic E-state index is 11.8. The molecule has 1 aliphatic rings. The number of hydrogen-bond donors (Lipinski definition) is 0. The van der Waals surface area contributed by atoms with E-state index in [1.54, 1.807) is 19.1 Å². The molecule has 0 aromatic heterocycles. The normalized spacial score (nSPS) is 14.6. The molecule has 2 rings (SSSR count). The minimum absolute atomic E-state index is 0.137. The Bertz CT molecular complexity index is 526. The van der Waals surface area contributed by atoms with E-state index in [0.717, 1.165) is 5.06 Å². The smallest absolute Gasteiger partial charge is 0.379 e. The number of hydroxylamine groups is 1. The van der Waals surface area contributed by atoms with Gasteiger partial charge >= 0.3 is 5.97 Å². The Morgan fingerprint density at radius 1 is 1.42 bits per heavy atom. The predicted octanol–water partition coefficient (Wildman–Crippen LogP) is 1.10. The molecular weight excluding hydrogens is 250 g/mol. The SMILES string of the molecule is CCOC(=O)C(=O)c1cccc(N2OCCC2=O)c1. The minimum atomic E-state index is -0.909. The van der Waals surface area contributed by atoms with Crippen LogP contribution < -0.4 is 5.06 Å². The van der Waals surface area contributed by atoms with E-state index in [1.165, 1.54) is 12.1 Å². The number of amides is 1. The number of nitrogens with zero attached hydrogens (tertiary/aromatic N) is 1. The van der Waals surface area contributed by atoms with Gasteiger partial charge in [0.25, 0.3) is 11.7 Å². The highest BCUT2D eigenvalue weighted by Crippen LogP contribution is 2.21. The highest BCUT2D eigenvalue weighted by Gasteiger charge is 2.25. The fourth-order valence-electron chi connectivity index (χ4n) is 1.70. The predicted molar refractivity (Wildman–Crippen MR) is 65.5 cm³/mol. The molecule has 6 nitrogen and oxygen atoms in total. The molecule has 1 aromatic rings. The van der Waals surface area contributed by atoms with E-state index in [0.29, 0.717) is 18.7 Å². The zero-order valence-electron chi connectivity index (χ0n) is 10.4. The van der Waals surface area contributed by atoms with Crippen LogP contribution in [0, 0.1) is 0 Å². The Balaban J connectivity index is 2.22. The van der Waals surface area contributed by atoms with Crippen LogP contribution in [0.4, 0.5) is 5.69 Å². The van der Waals surface area contributed by atoms with E-state index in [-0.39, 0.29) is 18.1 Å². The van der Waals surface area contributed by atoms with Crippen LogP contribution in [0.2, 0.25) is 0 Å². The van der Waals surface area contributed by atoms with Gasteiger partial charge in [0.2, 0.25) is 0 Å². The minimum Gasteiger partial charge on any atom is -0.460 e. The summed E-state index contributed by atoms with van der Waals surface area (Å²) in [7, 11) is 0. The standard InChI is InChI=1S/C13H13NO5/c1-2-18-13(17)12(16)9-4-3-5-10(8-9)14-11(15)6-7-19-14/h3-5,8H,2,6-7H2,1H3. The number of carbonyl (C=O) groups excluding carboxylic acids is 3. The van der Waals surface area contributed by atoms with Crippen molar-refractivity contribution in [3.63, 3.8) is 0 Å². The number of carbonyl (C=O) groups is 3. The fourth-order valence-corrected chi connectivity index (χ4v) is 1.70. The topological polar surface area (TPSA) is 72.9 Å². The quantitative estimate of drug-likeness (QED) is 0.462. The molecule has 0 radical (unpaired) electrons. The van der Waals surface area contributed by atoms with Crippen LogP contribution in [0.25, 0.3) is 0 Å². The second kappa shape index (κ2) is 5.62. The van der Waals surface area contributed by atoms with Crippen molar-refractivity contribution in [2.24, 2.45) is 0 Å². The van der Waals surface area contributed by atoms with Crippen molar-refractivity contribution in [2.75, 3.05) is 18.3 Å². The van der Waals surface area contributed by atoms with Crippen molar-refractivity contribution in [3.05, 3.63) is 29.8 Å². The first-order valence-corrected chi connectivity index (χ1v) is 5.91. The number of ether oxygens (including phenoxy) is 1. The van der Waals surface area contributed by atoms with Crippen LogP contribution in [0.5, 0.6) is 0 Å². The first-order valence-electron chi connectivity index (χ1n) is 5.91. The molecule has 0 atom stereocenters. The van der Waals surface area contributed by atoms with Crippen LogP contribution in [-0.4, -0.2) is 30.9 Å². The number of Topliss-reactive ketones (excluding diaryl/α,β-unsaturated/α-hetero) is 1. The number of esters is 1. The van der Waals surface area contributed by atoms with E-state index in [4.69, 9.17) is 4.84 Å². The molecule has 0 N–H and O–H groups in total. The maximum Gasteiger partial charge on any atom is 0.379 e. The Kier molecular flexibility index (Phi) is 3.91. The summed E-state index contributed by atoms with van der Waals surface area (Å²) >= 11 is 0.